The van der Waals surface area contributed by atoms with Crippen molar-refractivity contribution in [1.82, 2.24) is 4.98 Å². The van der Waals surface area contributed by atoms with Crippen LogP contribution in [0, 0.1) is 0 Å². The number of aromatic nitrogens is 1. The molecule has 0 saturated heterocycles. The van der Waals surface area contributed by atoms with Crippen molar-refractivity contribution in [2.45, 2.75) is 16.0 Å². The van der Waals surface area contributed by atoms with Crippen LogP contribution in [0.1, 0.15) is 20.9 Å². The van der Waals surface area contributed by atoms with Crippen LogP contribution in [0.2, 0.25) is 5.02 Å². The lowest BCUT2D eigenvalue weighted by atomic mass is 10.2. The third-order valence-electron chi connectivity index (χ3n) is 3.28. The number of hydrogen-bond donors (Lipinski definition) is 0. The molecule has 10 heteroatoms. The third-order valence-corrected chi connectivity index (χ3v) is 5.44. The molecule has 28 heavy (non-hydrogen) atoms. The summed E-state index contributed by atoms with van der Waals surface area (Å²) in [7, 11) is 0. The molecular formula is C18H10ClF3N2O2S2. The van der Waals surface area contributed by atoms with Crippen molar-refractivity contribution < 1.29 is 22.8 Å². The number of rotatable bonds is 5. The molecule has 0 aliphatic heterocycles. The third kappa shape index (κ3) is 5.34. The Morgan fingerprint density at radius 2 is 2.00 bits per heavy atom. The van der Waals surface area contributed by atoms with Gasteiger partial charge in [0, 0.05) is 21.0 Å². The zero-order chi connectivity index (χ0) is 20.1. The summed E-state index contributed by atoms with van der Waals surface area (Å²) < 4.78 is 39.1. The first-order valence-corrected chi connectivity index (χ1v) is 9.69. The molecule has 0 aliphatic rings. The first kappa shape index (κ1) is 20.4. The number of pyridine rings is 1. The van der Waals surface area contributed by atoms with Crippen LogP contribution in [0.5, 0.6) is 0 Å². The van der Waals surface area contributed by atoms with Gasteiger partial charge in [0.25, 0.3) is 0 Å². The van der Waals surface area contributed by atoms with Crippen molar-refractivity contribution in [2.24, 2.45) is 5.16 Å². The maximum Gasteiger partial charge on any atom is 0.417 e. The molecule has 0 saturated carbocycles. The van der Waals surface area contributed by atoms with Crippen molar-refractivity contribution in [3.8, 4) is 0 Å². The SMILES string of the molecule is O=C(ON=Cc1ncc(C(F)(F)F)cc1Sc1ccc(Cl)cc1)c1cccs1. The van der Waals surface area contributed by atoms with Gasteiger partial charge in [0.2, 0.25) is 0 Å². The van der Waals surface area contributed by atoms with Crippen molar-refractivity contribution in [1.29, 1.82) is 0 Å². The Morgan fingerprint density at radius 3 is 2.64 bits per heavy atom. The fraction of sp³-hybridized carbons (Fsp3) is 0.0556. The maximum atomic E-state index is 13.0. The topological polar surface area (TPSA) is 51.5 Å². The van der Waals surface area contributed by atoms with E-state index in [1.807, 2.05) is 0 Å². The van der Waals surface area contributed by atoms with Gasteiger partial charge in [-0.15, -0.1) is 11.3 Å². The molecular weight excluding hydrogens is 433 g/mol. The summed E-state index contributed by atoms with van der Waals surface area (Å²) in [5, 5.41) is 5.77. The van der Waals surface area contributed by atoms with E-state index in [4.69, 9.17) is 16.4 Å². The molecule has 0 fully saturated rings. The Bertz CT molecular complexity index is 991. The number of oxime groups is 1. The van der Waals surface area contributed by atoms with Gasteiger partial charge in [0.1, 0.15) is 4.88 Å². The molecule has 0 bridgehead atoms. The van der Waals surface area contributed by atoms with E-state index in [1.54, 1.807) is 41.8 Å². The zero-order valence-electron chi connectivity index (χ0n) is 13.8. The van der Waals surface area contributed by atoms with Gasteiger partial charge in [-0.2, -0.15) is 13.2 Å². The summed E-state index contributed by atoms with van der Waals surface area (Å²) in [6.45, 7) is 0. The van der Waals surface area contributed by atoms with Crippen LogP contribution in [-0.4, -0.2) is 17.2 Å². The molecule has 2 heterocycles. The molecule has 0 atom stereocenters. The van der Waals surface area contributed by atoms with Gasteiger partial charge in [0.05, 0.1) is 17.5 Å². The van der Waals surface area contributed by atoms with Gasteiger partial charge in [-0.1, -0.05) is 34.6 Å². The molecule has 3 aromatic rings. The second kappa shape index (κ2) is 8.76. The minimum Gasteiger partial charge on any atom is -0.312 e. The monoisotopic (exact) mass is 442 g/mol. The Balaban J connectivity index is 1.85. The fourth-order valence-electron chi connectivity index (χ4n) is 1.98. The van der Waals surface area contributed by atoms with E-state index in [1.165, 1.54) is 11.3 Å². The molecule has 0 radical (unpaired) electrons. The van der Waals surface area contributed by atoms with E-state index >= 15 is 0 Å². The Hall–Kier alpha value is -2.36. The number of thiophene rings is 1. The lowest BCUT2D eigenvalue weighted by Crippen LogP contribution is -2.07. The smallest absolute Gasteiger partial charge is 0.312 e. The van der Waals surface area contributed by atoms with Gasteiger partial charge in [-0.3, -0.25) is 4.98 Å². The van der Waals surface area contributed by atoms with Gasteiger partial charge >= 0.3 is 12.1 Å². The Kier molecular flexibility index (Phi) is 6.38. The zero-order valence-corrected chi connectivity index (χ0v) is 16.2. The summed E-state index contributed by atoms with van der Waals surface area (Å²) in [6, 6.07) is 10.8. The van der Waals surface area contributed by atoms with Gasteiger partial charge in [0.15, 0.2) is 0 Å². The highest BCUT2D eigenvalue weighted by Crippen LogP contribution is 2.35. The molecule has 0 aliphatic carbocycles. The number of carbonyl (C=O) groups excluding carboxylic acids is 1. The van der Waals surface area contributed by atoms with Crippen LogP contribution in [0.3, 0.4) is 0 Å². The quantitative estimate of drug-likeness (QED) is 0.270. The molecule has 144 valence electrons. The van der Waals surface area contributed by atoms with Gasteiger partial charge in [-0.05, 0) is 41.8 Å². The standard InChI is InChI=1S/C18H10ClF3N2O2S2/c19-12-3-5-13(6-4-12)28-16-8-11(18(20,21)22)9-23-14(16)10-24-26-17(25)15-2-1-7-27-15/h1-10H. The van der Waals surface area contributed by atoms with Crippen molar-refractivity contribution in [3.05, 3.63) is 75.2 Å². The summed E-state index contributed by atoms with van der Waals surface area (Å²) in [6.07, 6.45) is -2.73. The number of hydrogen-bond acceptors (Lipinski definition) is 6. The summed E-state index contributed by atoms with van der Waals surface area (Å²) in [4.78, 5) is 21.6. The van der Waals surface area contributed by atoms with E-state index < -0.39 is 17.7 Å². The van der Waals surface area contributed by atoms with E-state index in [9.17, 15) is 18.0 Å². The van der Waals surface area contributed by atoms with Crippen molar-refractivity contribution >= 4 is 46.9 Å². The molecule has 1 aromatic carbocycles. The van der Waals surface area contributed by atoms with Crippen LogP contribution >= 0.6 is 34.7 Å². The Morgan fingerprint density at radius 1 is 1.25 bits per heavy atom. The molecule has 0 unspecified atom stereocenters. The molecule has 0 amide bonds. The van der Waals surface area contributed by atoms with Crippen LogP contribution in [0.4, 0.5) is 13.2 Å². The molecule has 2 aromatic heterocycles. The molecule has 3 rings (SSSR count). The van der Waals surface area contributed by atoms with E-state index in [0.29, 0.717) is 21.0 Å². The predicted octanol–water partition coefficient (Wildman–Crippen LogP) is 6.16. The highest BCUT2D eigenvalue weighted by atomic mass is 35.5. The maximum absolute atomic E-state index is 13.0. The average molecular weight is 443 g/mol. The lowest BCUT2D eigenvalue weighted by molar-refractivity contribution is -0.138. The van der Waals surface area contributed by atoms with Gasteiger partial charge < -0.3 is 4.84 Å². The second-order valence-corrected chi connectivity index (χ2v) is 7.75. The number of benzene rings is 1. The number of carbonyl (C=O) groups is 1. The minimum absolute atomic E-state index is 0.131. The van der Waals surface area contributed by atoms with Crippen LogP contribution in [-0.2, 0) is 11.0 Å². The number of halogens is 4. The first-order valence-electron chi connectivity index (χ1n) is 7.62. The summed E-state index contributed by atoms with van der Waals surface area (Å²) in [5.41, 5.74) is -0.761. The van der Waals surface area contributed by atoms with Gasteiger partial charge in [-0.25, -0.2) is 4.79 Å². The molecule has 0 N–H and O–H groups in total. The first-order chi connectivity index (χ1) is 13.3. The Labute approximate surface area is 171 Å². The van der Waals surface area contributed by atoms with Crippen LogP contribution in [0.25, 0.3) is 0 Å². The highest BCUT2D eigenvalue weighted by Gasteiger charge is 2.31. The average Bonchev–Trinajstić information content (AvgIpc) is 3.18. The van der Waals surface area contributed by atoms with E-state index in [0.717, 1.165) is 24.0 Å². The highest BCUT2D eigenvalue weighted by molar-refractivity contribution is 7.99. The number of alkyl halides is 3. The van der Waals surface area contributed by atoms with E-state index in [2.05, 4.69) is 10.1 Å². The van der Waals surface area contributed by atoms with Crippen LogP contribution in [0.15, 0.2) is 69.0 Å². The number of nitrogens with zero attached hydrogens (tertiary/aromatic N) is 2. The summed E-state index contributed by atoms with van der Waals surface area (Å²) >= 11 is 8.08. The second-order valence-electron chi connectivity index (χ2n) is 5.25. The predicted molar refractivity (Wildman–Crippen MR) is 102 cm³/mol. The molecule has 0 spiro atoms. The van der Waals surface area contributed by atoms with Crippen molar-refractivity contribution in [2.75, 3.05) is 0 Å². The van der Waals surface area contributed by atoms with E-state index in [-0.39, 0.29) is 10.6 Å². The fourth-order valence-corrected chi connectivity index (χ4v) is 3.62. The molecule has 4 nitrogen and oxygen atoms in total. The normalized spacial score (nSPS) is 11.7. The van der Waals surface area contributed by atoms with Crippen molar-refractivity contribution in [3.63, 3.8) is 0 Å². The van der Waals surface area contributed by atoms with Crippen LogP contribution < -0.4 is 0 Å². The minimum atomic E-state index is -4.54. The largest absolute Gasteiger partial charge is 0.417 e. The lowest BCUT2D eigenvalue weighted by Gasteiger charge is -2.10. The summed E-state index contributed by atoms with van der Waals surface area (Å²) in [5.74, 6) is -0.662.